The van der Waals surface area contributed by atoms with Crippen molar-refractivity contribution < 1.29 is 0 Å². The van der Waals surface area contributed by atoms with E-state index in [0.717, 1.165) is 13.0 Å². The van der Waals surface area contributed by atoms with Crippen LogP contribution in [0.2, 0.25) is 0 Å². The topological polar surface area (TPSA) is 30.9 Å². The lowest BCUT2D eigenvalue weighted by Gasteiger charge is -1.98. The fourth-order valence-electron chi connectivity index (χ4n) is 2.26. The number of aromatic nitrogens is 1. The minimum Gasteiger partial charge on any atom is -0.350 e. The van der Waals surface area contributed by atoms with Crippen LogP contribution in [0.15, 0.2) is 30.5 Å². The Morgan fingerprint density at radius 3 is 2.75 bits per heavy atom. The molecule has 0 aliphatic carbocycles. The van der Waals surface area contributed by atoms with Crippen molar-refractivity contribution in [3.05, 3.63) is 36.0 Å². The summed E-state index contributed by atoms with van der Waals surface area (Å²) in [4.78, 5) is 0. The Bertz CT molecular complexity index is 457. The van der Waals surface area contributed by atoms with Crippen LogP contribution in [0.5, 0.6) is 0 Å². The Morgan fingerprint density at radius 2 is 1.94 bits per heavy atom. The first-order valence-electron chi connectivity index (χ1n) is 6.06. The zero-order valence-corrected chi connectivity index (χ0v) is 9.95. The highest BCUT2D eigenvalue weighted by Gasteiger charge is 2.04. The van der Waals surface area contributed by atoms with Crippen molar-refractivity contribution in [3.8, 4) is 0 Å². The van der Waals surface area contributed by atoms with Crippen molar-refractivity contribution in [1.29, 1.82) is 0 Å². The van der Waals surface area contributed by atoms with Crippen molar-refractivity contribution in [3.63, 3.8) is 0 Å². The van der Waals surface area contributed by atoms with E-state index >= 15 is 0 Å². The predicted molar refractivity (Wildman–Crippen MR) is 69.5 cm³/mol. The number of aryl methyl sites for hydroxylation is 2. The molecular weight excluding hydrogens is 196 g/mol. The largest absolute Gasteiger partial charge is 0.350 e. The monoisotopic (exact) mass is 216 g/mol. The molecule has 0 aliphatic heterocycles. The summed E-state index contributed by atoms with van der Waals surface area (Å²) in [5, 5.41) is 1.40. The molecule has 1 aromatic carbocycles. The second kappa shape index (κ2) is 5.17. The molecule has 1 heterocycles. The smallest absolute Gasteiger partial charge is 0.0480 e. The molecule has 0 radical (unpaired) electrons. The van der Waals surface area contributed by atoms with Crippen LogP contribution in [-0.4, -0.2) is 11.1 Å². The number of hydrogen-bond acceptors (Lipinski definition) is 1. The first-order valence-corrected chi connectivity index (χ1v) is 6.06. The van der Waals surface area contributed by atoms with Crippen molar-refractivity contribution in [2.45, 2.75) is 25.7 Å². The third-order valence-corrected chi connectivity index (χ3v) is 3.13. The van der Waals surface area contributed by atoms with Gasteiger partial charge in [0.15, 0.2) is 0 Å². The second-order valence-electron chi connectivity index (χ2n) is 4.38. The summed E-state index contributed by atoms with van der Waals surface area (Å²) in [6, 6.07) is 8.61. The van der Waals surface area contributed by atoms with Gasteiger partial charge in [-0.3, -0.25) is 0 Å². The van der Waals surface area contributed by atoms with Gasteiger partial charge in [-0.1, -0.05) is 24.6 Å². The second-order valence-corrected chi connectivity index (χ2v) is 4.38. The van der Waals surface area contributed by atoms with E-state index in [-0.39, 0.29) is 0 Å². The number of unbranched alkanes of at least 4 members (excludes halogenated alkanes) is 2. The summed E-state index contributed by atoms with van der Waals surface area (Å²) in [5.74, 6) is 0. The standard InChI is InChI=1S/C14H20N2/c1-16-11-12(7-3-2-6-10-15)13-8-4-5-9-14(13)16/h4-5,8-9,11H,2-3,6-7,10,15H2,1H3. The maximum Gasteiger partial charge on any atom is 0.0480 e. The Morgan fingerprint density at radius 1 is 1.12 bits per heavy atom. The first kappa shape index (κ1) is 11.2. The molecule has 2 aromatic rings. The Hall–Kier alpha value is -1.28. The average molecular weight is 216 g/mol. The highest BCUT2D eigenvalue weighted by Crippen LogP contribution is 2.21. The Labute approximate surface area is 97.1 Å². The maximum atomic E-state index is 5.50. The van der Waals surface area contributed by atoms with Gasteiger partial charge in [-0.2, -0.15) is 0 Å². The molecule has 0 spiro atoms. The van der Waals surface area contributed by atoms with Gasteiger partial charge in [-0.05, 0) is 37.4 Å². The van der Waals surface area contributed by atoms with E-state index in [9.17, 15) is 0 Å². The zero-order valence-electron chi connectivity index (χ0n) is 9.95. The van der Waals surface area contributed by atoms with Crippen LogP contribution in [0, 0.1) is 0 Å². The van der Waals surface area contributed by atoms with Gasteiger partial charge in [0, 0.05) is 24.1 Å². The summed E-state index contributed by atoms with van der Waals surface area (Å²) >= 11 is 0. The molecule has 2 heteroatoms. The summed E-state index contributed by atoms with van der Waals surface area (Å²) in [6.45, 7) is 0.815. The van der Waals surface area contributed by atoms with Crippen LogP contribution < -0.4 is 5.73 Å². The summed E-state index contributed by atoms with van der Waals surface area (Å²) in [6.07, 6.45) is 7.05. The van der Waals surface area contributed by atoms with Crippen LogP contribution in [0.1, 0.15) is 24.8 Å². The lowest BCUT2D eigenvalue weighted by molar-refractivity contribution is 0.687. The normalized spacial score (nSPS) is 11.1. The number of fused-ring (bicyclic) bond motifs is 1. The van der Waals surface area contributed by atoms with E-state index in [1.165, 1.54) is 35.7 Å². The molecule has 1 aromatic heterocycles. The highest BCUT2D eigenvalue weighted by atomic mass is 14.9. The number of nitrogens with zero attached hydrogens (tertiary/aromatic N) is 1. The molecule has 0 saturated carbocycles. The third-order valence-electron chi connectivity index (χ3n) is 3.13. The summed E-state index contributed by atoms with van der Waals surface area (Å²) in [5.41, 5.74) is 8.30. The van der Waals surface area contributed by atoms with Crippen molar-refractivity contribution >= 4 is 10.9 Å². The van der Waals surface area contributed by atoms with E-state index in [0.29, 0.717) is 0 Å². The molecule has 2 rings (SSSR count). The van der Waals surface area contributed by atoms with Crippen molar-refractivity contribution in [1.82, 2.24) is 4.57 Å². The van der Waals surface area contributed by atoms with Crippen LogP contribution in [0.25, 0.3) is 10.9 Å². The number of para-hydroxylation sites is 1. The highest BCUT2D eigenvalue weighted by molar-refractivity contribution is 5.83. The fourth-order valence-corrected chi connectivity index (χ4v) is 2.26. The van der Waals surface area contributed by atoms with Crippen LogP contribution >= 0.6 is 0 Å². The molecular formula is C14H20N2. The quantitative estimate of drug-likeness (QED) is 0.765. The molecule has 0 amide bonds. The third kappa shape index (κ3) is 2.27. The molecule has 0 unspecified atom stereocenters. The van der Waals surface area contributed by atoms with Crippen LogP contribution in [-0.2, 0) is 13.5 Å². The number of benzene rings is 1. The summed E-state index contributed by atoms with van der Waals surface area (Å²) in [7, 11) is 2.12. The van der Waals surface area contributed by atoms with Gasteiger partial charge in [-0.25, -0.2) is 0 Å². The minimum absolute atomic E-state index is 0.815. The van der Waals surface area contributed by atoms with Gasteiger partial charge in [-0.15, -0.1) is 0 Å². The van der Waals surface area contributed by atoms with E-state index in [2.05, 4.69) is 42.1 Å². The SMILES string of the molecule is Cn1cc(CCCCCN)c2ccccc21. The average Bonchev–Trinajstić information content (AvgIpc) is 2.63. The molecule has 0 saturated heterocycles. The Balaban J connectivity index is 2.12. The molecule has 0 atom stereocenters. The van der Waals surface area contributed by atoms with Crippen LogP contribution in [0.3, 0.4) is 0 Å². The number of rotatable bonds is 5. The maximum absolute atomic E-state index is 5.50. The molecule has 16 heavy (non-hydrogen) atoms. The van der Waals surface area contributed by atoms with E-state index in [1.54, 1.807) is 0 Å². The van der Waals surface area contributed by atoms with Crippen LogP contribution in [0.4, 0.5) is 0 Å². The number of nitrogens with two attached hydrogens (primary N) is 1. The zero-order chi connectivity index (χ0) is 11.4. The van der Waals surface area contributed by atoms with E-state index in [1.807, 2.05) is 0 Å². The predicted octanol–water partition coefficient (Wildman–Crippen LogP) is 2.85. The van der Waals surface area contributed by atoms with Gasteiger partial charge in [0.1, 0.15) is 0 Å². The van der Waals surface area contributed by atoms with Gasteiger partial charge < -0.3 is 10.3 Å². The van der Waals surface area contributed by atoms with Gasteiger partial charge in [0.25, 0.3) is 0 Å². The molecule has 0 bridgehead atoms. The molecule has 2 nitrogen and oxygen atoms in total. The minimum atomic E-state index is 0.815. The van der Waals surface area contributed by atoms with Crippen molar-refractivity contribution in [2.24, 2.45) is 12.8 Å². The lowest BCUT2D eigenvalue weighted by atomic mass is 10.1. The fraction of sp³-hybridized carbons (Fsp3) is 0.429. The molecule has 2 N–H and O–H groups in total. The van der Waals surface area contributed by atoms with E-state index < -0.39 is 0 Å². The lowest BCUT2D eigenvalue weighted by Crippen LogP contribution is -1.98. The molecule has 0 aliphatic rings. The summed E-state index contributed by atoms with van der Waals surface area (Å²) < 4.78 is 2.22. The van der Waals surface area contributed by atoms with Gasteiger partial charge in [0.2, 0.25) is 0 Å². The van der Waals surface area contributed by atoms with E-state index in [4.69, 9.17) is 5.73 Å². The Kier molecular flexibility index (Phi) is 3.62. The van der Waals surface area contributed by atoms with Gasteiger partial charge >= 0.3 is 0 Å². The number of hydrogen-bond donors (Lipinski definition) is 1. The molecule has 0 fully saturated rings. The molecule has 86 valence electrons. The van der Waals surface area contributed by atoms with Crippen molar-refractivity contribution in [2.75, 3.05) is 6.54 Å². The first-order chi connectivity index (χ1) is 7.83. The van der Waals surface area contributed by atoms with Gasteiger partial charge in [0.05, 0.1) is 0 Å².